The molecular weight excluding hydrogens is 444 g/mol. The second-order valence-electron chi connectivity index (χ2n) is 7.78. The Bertz CT molecular complexity index is 1610. The number of hydrogen-bond donors (Lipinski definition) is 1. The lowest BCUT2D eigenvalue weighted by atomic mass is 10.1. The number of anilines is 1. The van der Waals surface area contributed by atoms with Crippen molar-refractivity contribution in [1.82, 2.24) is 29.5 Å². The molecule has 0 spiro atoms. The number of hydrogen-bond acceptors (Lipinski definition) is 7. The fourth-order valence-electron chi connectivity index (χ4n) is 3.89. The minimum Gasteiger partial charge on any atom is -0.494 e. The van der Waals surface area contributed by atoms with E-state index in [0.29, 0.717) is 34.2 Å². The third-order valence-corrected chi connectivity index (χ3v) is 5.68. The largest absolute Gasteiger partial charge is 0.494 e. The number of rotatable bonds is 5. The monoisotopic (exact) mass is 464 g/mol. The quantitative estimate of drug-likeness (QED) is 0.420. The van der Waals surface area contributed by atoms with Gasteiger partial charge < -0.3 is 10.1 Å². The summed E-state index contributed by atoms with van der Waals surface area (Å²) in [5, 5.41) is 22.0. The molecule has 5 aromatic rings. The van der Waals surface area contributed by atoms with Gasteiger partial charge in [-0.1, -0.05) is 18.2 Å². The average Bonchev–Trinajstić information content (AvgIpc) is 3.47. The summed E-state index contributed by atoms with van der Waals surface area (Å²) in [4.78, 5) is 22.2. The van der Waals surface area contributed by atoms with Crippen LogP contribution in [0.5, 0.6) is 5.75 Å². The van der Waals surface area contributed by atoms with Crippen LogP contribution < -0.4 is 10.1 Å². The summed E-state index contributed by atoms with van der Waals surface area (Å²) >= 11 is 0. The lowest BCUT2D eigenvalue weighted by Gasteiger charge is -2.12. The van der Waals surface area contributed by atoms with Crippen molar-refractivity contribution >= 4 is 22.6 Å². The highest BCUT2D eigenvalue weighted by atomic mass is 16.5. The molecule has 10 nitrogen and oxygen atoms in total. The summed E-state index contributed by atoms with van der Waals surface area (Å²) in [6, 6.07) is 15.1. The van der Waals surface area contributed by atoms with E-state index in [1.165, 1.54) is 17.1 Å². The van der Waals surface area contributed by atoms with Crippen molar-refractivity contribution in [3.8, 4) is 23.5 Å². The molecule has 1 N–H and O–H groups in total. The molecule has 0 atom stereocenters. The number of pyridine rings is 2. The number of nitriles is 1. The molecule has 0 bridgehead atoms. The Balaban J connectivity index is 1.55. The van der Waals surface area contributed by atoms with Crippen LogP contribution in [-0.4, -0.2) is 42.5 Å². The number of fused-ring (bicyclic) bond motifs is 1. The number of carbonyl (C=O) groups excluding carboxylic acids is 1. The summed E-state index contributed by atoms with van der Waals surface area (Å²) in [6.07, 6.45) is 4.51. The molecule has 5 rings (SSSR count). The van der Waals surface area contributed by atoms with Crippen molar-refractivity contribution in [2.45, 2.75) is 13.8 Å². The van der Waals surface area contributed by atoms with Gasteiger partial charge >= 0.3 is 0 Å². The third-order valence-electron chi connectivity index (χ3n) is 5.68. The molecule has 4 aromatic heterocycles. The molecule has 0 unspecified atom stereocenters. The van der Waals surface area contributed by atoms with E-state index in [2.05, 4.69) is 26.6 Å². The van der Waals surface area contributed by atoms with Crippen molar-refractivity contribution in [2.75, 3.05) is 12.4 Å². The van der Waals surface area contributed by atoms with E-state index in [9.17, 15) is 10.1 Å². The summed E-state index contributed by atoms with van der Waals surface area (Å²) < 4.78 is 8.50. The van der Waals surface area contributed by atoms with Crippen molar-refractivity contribution in [1.29, 1.82) is 5.26 Å². The normalized spacial score (nSPS) is 10.8. The number of benzene rings is 1. The summed E-state index contributed by atoms with van der Waals surface area (Å²) in [5.41, 5.74) is 2.76. The highest BCUT2D eigenvalue weighted by molar-refractivity contribution is 6.05. The number of nitrogens with zero attached hydrogens (tertiary/aromatic N) is 7. The summed E-state index contributed by atoms with van der Waals surface area (Å²) in [7, 11) is 1.58. The van der Waals surface area contributed by atoms with Gasteiger partial charge in [0.25, 0.3) is 5.91 Å². The van der Waals surface area contributed by atoms with E-state index in [1.54, 1.807) is 37.0 Å². The average molecular weight is 464 g/mol. The Morgan fingerprint density at radius 3 is 2.63 bits per heavy atom. The maximum absolute atomic E-state index is 13.2. The first-order valence-electron chi connectivity index (χ1n) is 10.7. The fourth-order valence-corrected chi connectivity index (χ4v) is 3.89. The zero-order valence-electron chi connectivity index (χ0n) is 19.2. The number of para-hydroxylation sites is 1. The molecule has 0 aliphatic rings. The van der Waals surface area contributed by atoms with Gasteiger partial charge in [0.2, 0.25) is 0 Å². The number of aryl methyl sites for hydroxylation is 1. The van der Waals surface area contributed by atoms with Crippen molar-refractivity contribution in [3.63, 3.8) is 0 Å². The molecule has 0 aliphatic carbocycles. The smallest absolute Gasteiger partial charge is 0.260 e. The molecule has 0 saturated carbocycles. The predicted molar refractivity (Wildman–Crippen MR) is 129 cm³/mol. The van der Waals surface area contributed by atoms with Gasteiger partial charge in [0.05, 0.1) is 30.8 Å². The van der Waals surface area contributed by atoms with E-state index < -0.39 is 5.91 Å². The van der Waals surface area contributed by atoms with Gasteiger partial charge in [-0.2, -0.15) is 20.1 Å². The van der Waals surface area contributed by atoms with Crippen molar-refractivity contribution in [3.05, 3.63) is 83.4 Å². The van der Waals surface area contributed by atoms with Gasteiger partial charge in [0, 0.05) is 11.6 Å². The van der Waals surface area contributed by atoms with E-state index in [0.717, 1.165) is 10.9 Å². The van der Waals surface area contributed by atoms with E-state index in [-0.39, 0.29) is 11.4 Å². The zero-order valence-corrected chi connectivity index (χ0v) is 19.2. The number of aromatic nitrogens is 6. The van der Waals surface area contributed by atoms with Gasteiger partial charge in [0.1, 0.15) is 22.9 Å². The van der Waals surface area contributed by atoms with E-state index >= 15 is 0 Å². The molecule has 4 heterocycles. The minimum absolute atomic E-state index is 0.202. The second-order valence-corrected chi connectivity index (χ2v) is 7.78. The van der Waals surface area contributed by atoms with Crippen molar-refractivity contribution in [2.24, 2.45) is 0 Å². The first-order valence-corrected chi connectivity index (χ1v) is 10.7. The zero-order chi connectivity index (χ0) is 24.5. The van der Waals surface area contributed by atoms with Crippen LogP contribution >= 0.6 is 0 Å². The number of nitrogens with one attached hydrogen (secondary N) is 1. The maximum Gasteiger partial charge on any atom is 0.260 e. The highest BCUT2D eigenvalue weighted by Crippen LogP contribution is 2.29. The van der Waals surface area contributed by atoms with Crippen LogP contribution in [0, 0.1) is 25.2 Å². The Morgan fingerprint density at radius 2 is 1.89 bits per heavy atom. The van der Waals surface area contributed by atoms with Crippen LogP contribution in [0.15, 0.2) is 61.1 Å². The Kier molecular flexibility index (Phi) is 5.43. The second kappa shape index (κ2) is 8.72. The first-order chi connectivity index (χ1) is 17.0. The van der Waals surface area contributed by atoms with Crippen LogP contribution in [0.25, 0.3) is 22.5 Å². The highest BCUT2D eigenvalue weighted by Gasteiger charge is 2.21. The lowest BCUT2D eigenvalue weighted by Crippen LogP contribution is -2.17. The van der Waals surface area contributed by atoms with Gasteiger partial charge in [-0.3, -0.25) is 4.79 Å². The third kappa shape index (κ3) is 3.75. The SMILES string of the molecule is COc1cccc2c(C)cc(-n3ncc(C#N)c3NC(=O)c3cnn(-c4ccccn4)c3C)nc12. The molecule has 10 heteroatoms. The van der Waals surface area contributed by atoms with Crippen LogP contribution in [0.4, 0.5) is 5.82 Å². The van der Waals surface area contributed by atoms with Crippen LogP contribution in [0.2, 0.25) is 0 Å². The van der Waals surface area contributed by atoms with Crippen LogP contribution in [-0.2, 0) is 0 Å². The molecule has 1 aromatic carbocycles. The van der Waals surface area contributed by atoms with Crippen LogP contribution in [0.3, 0.4) is 0 Å². The van der Waals surface area contributed by atoms with Gasteiger partial charge in [-0.25, -0.2) is 14.6 Å². The van der Waals surface area contributed by atoms with Gasteiger partial charge in [-0.05, 0) is 43.7 Å². The summed E-state index contributed by atoms with van der Waals surface area (Å²) in [5.74, 6) is 1.43. The Hall–Kier alpha value is -5.04. The number of amides is 1. The van der Waals surface area contributed by atoms with Crippen molar-refractivity contribution < 1.29 is 9.53 Å². The fraction of sp³-hybridized carbons (Fsp3) is 0.120. The molecule has 172 valence electrons. The Labute approximate surface area is 200 Å². The molecular formula is C25H20N8O2. The number of methoxy groups -OCH3 is 1. The lowest BCUT2D eigenvalue weighted by molar-refractivity contribution is 0.102. The molecule has 0 saturated heterocycles. The predicted octanol–water partition coefficient (Wildman–Crippen LogP) is 3.75. The van der Waals surface area contributed by atoms with Gasteiger partial charge in [-0.15, -0.1) is 0 Å². The first kappa shape index (κ1) is 21.8. The van der Waals surface area contributed by atoms with E-state index in [4.69, 9.17) is 9.72 Å². The van der Waals surface area contributed by atoms with Gasteiger partial charge in [0.15, 0.2) is 17.5 Å². The summed E-state index contributed by atoms with van der Waals surface area (Å²) in [6.45, 7) is 3.73. The Morgan fingerprint density at radius 1 is 1.06 bits per heavy atom. The molecule has 35 heavy (non-hydrogen) atoms. The molecule has 0 radical (unpaired) electrons. The topological polar surface area (TPSA) is 124 Å². The molecule has 0 fully saturated rings. The maximum atomic E-state index is 13.2. The molecule has 0 aliphatic heterocycles. The van der Waals surface area contributed by atoms with E-state index in [1.807, 2.05) is 37.3 Å². The minimum atomic E-state index is -0.432. The number of ether oxygens (including phenoxy) is 1. The molecule has 1 amide bonds. The standard InChI is InChI=1S/C25H20N8O2/c1-15-11-22(30-23-18(15)7-6-8-20(23)35-3)33-24(17(12-26)13-28-33)31-25(34)19-14-29-32(16(19)2)21-9-4-5-10-27-21/h4-11,13-14H,1-3H3,(H,31,34). The number of carbonyl (C=O) groups is 1. The van der Waals surface area contributed by atoms with Crippen LogP contribution in [0.1, 0.15) is 27.2 Å².